The molecule has 1 unspecified atom stereocenters. The zero-order valence-electron chi connectivity index (χ0n) is 10.5. The van der Waals surface area contributed by atoms with Gasteiger partial charge < -0.3 is 5.32 Å². The van der Waals surface area contributed by atoms with Crippen LogP contribution in [0.15, 0.2) is 48.6 Å². The summed E-state index contributed by atoms with van der Waals surface area (Å²) in [7, 11) is 0. The van der Waals surface area contributed by atoms with Crippen molar-refractivity contribution in [3.63, 3.8) is 0 Å². The highest BCUT2D eigenvalue weighted by molar-refractivity contribution is 5.64. The van der Waals surface area contributed by atoms with E-state index in [2.05, 4.69) is 66.9 Å². The quantitative estimate of drug-likeness (QED) is 0.807. The van der Waals surface area contributed by atoms with Crippen LogP contribution in [0, 0.1) is 6.92 Å². The number of hydrogen-bond acceptors (Lipinski definition) is 1. The molecule has 0 fully saturated rings. The molecule has 0 amide bonds. The lowest BCUT2D eigenvalue weighted by Crippen LogP contribution is -2.17. The predicted octanol–water partition coefficient (Wildman–Crippen LogP) is 4.32. The molecular formula is C16H19N. The molecule has 1 aliphatic carbocycles. The van der Waals surface area contributed by atoms with Gasteiger partial charge in [0.2, 0.25) is 0 Å². The van der Waals surface area contributed by atoms with Crippen molar-refractivity contribution in [1.82, 2.24) is 0 Å². The highest BCUT2D eigenvalue weighted by Gasteiger charge is 2.07. The van der Waals surface area contributed by atoms with Crippen molar-refractivity contribution in [3.05, 3.63) is 59.7 Å². The minimum Gasteiger partial charge on any atom is -0.378 e. The molecule has 1 aromatic rings. The van der Waals surface area contributed by atoms with Gasteiger partial charge in [-0.2, -0.15) is 0 Å². The minimum absolute atomic E-state index is 0.416. The molecule has 1 aliphatic rings. The molecule has 1 nitrogen and oxygen atoms in total. The van der Waals surface area contributed by atoms with Gasteiger partial charge in [-0.25, -0.2) is 0 Å². The Morgan fingerprint density at radius 3 is 2.88 bits per heavy atom. The summed E-state index contributed by atoms with van der Waals surface area (Å²) in [5, 5.41) is 3.58. The first-order valence-electron chi connectivity index (χ1n) is 6.13. The molecule has 0 bridgehead atoms. The fourth-order valence-electron chi connectivity index (χ4n) is 2.06. The van der Waals surface area contributed by atoms with E-state index in [0.717, 1.165) is 6.42 Å². The number of allylic oxidation sites excluding steroid dienone is 3. The third-order valence-corrected chi connectivity index (χ3v) is 3.04. The lowest BCUT2D eigenvalue weighted by Gasteiger charge is -2.19. The van der Waals surface area contributed by atoms with Gasteiger partial charge in [-0.15, -0.1) is 0 Å². The minimum atomic E-state index is 0.416. The summed E-state index contributed by atoms with van der Waals surface area (Å²) in [5.74, 6) is 0. The van der Waals surface area contributed by atoms with Gasteiger partial charge in [0.25, 0.3) is 0 Å². The van der Waals surface area contributed by atoms with Gasteiger partial charge in [0, 0.05) is 11.7 Å². The molecular weight excluding hydrogens is 206 g/mol. The SMILES string of the molecule is C/C=C\c1cccc(NC2C=CC=CC2)c1C. The van der Waals surface area contributed by atoms with Crippen LogP contribution in [0.2, 0.25) is 0 Å². The molecule has 1 heteroatoms. The topological polar surface area (TPSA) is 12.0 Å². The lowest BCUT2D eigenvalue weighted by atomic mass is 10.0. The van der Waals surface area contributed by atoms with Crippen molar-refractivity contribution in [2.24, 2.45) is 0 Å². The van der Waals surface area contributed by atoms with Crippen LogP contribution in [0.3, 0.4) is 0 Å². The Labute approximate surface area is 104 Å². The Hall–Kier alpha value is -1.76. The summed E-state index contributed by atoms with van der Waals surface area (Å²) in [6, 6.07) is 6.82. The van der Waals surface area contributed by atoms with Crippen molar-refractivity contribution < 1.29 is 0 Å². The van der Waals surface area contributed by atoms with E-state index < -0.39 is 0 Å². The van der Waals surface area contributed by atoms with Crippen molar-refractivity contribution in [1.29, 1.82) is 0 Å². The summed E-state index contributed by atoms with van der Waals surface area (Å²) >= 11 is 0. The second-order valence-corrected chi connectivity index (χ2v) is 4.32. The van der Waals surface area contributed by atoms with Crippen LogP contribution >= 0.6 is 0 Å². The average molecular weight is 225 g/mol. The third-order valence-electron chi connectivity index (χ3n) is 3.04. The van der Waals surface area contributed by atoms with Crippen LogP contribution < -0.4 is 5.32 Å². The molecule has 0 heterocycles. The fraction of sp³-hybridized carbons (Fsp3) is 0.250. The molecule has 0 aromatic heterocycles. The van der Waals surface area contributed by atoms with Crippen LogP contribution in [0.25, 0.3) is 6.08 Å². The van der Waals surface area contributed by atoms with Crippen LogP contribution in [-0.4, -0.2) is 6.04 Å². The normalized spacial score (nSPS) is 18.8. The summed E-state index contributed by atoms with van der Waals surface area (Å²) in [4.78, 5) is 0. The van der Waals surface area contributed by atoms with Crippen LogP contribution in [0.1, 0.15) is 24.5 Å². The van der Waals surface area contributed by atoms with E-state index >= 15 is 0 Å². The average Bonchev–Trinajstić information content (AvgIpc) is 2.36. The monoisotopic (exact) mass is 225 g/mol. The fourth-order valence-corrected chi connectivity index (χ4v) is 2.06. The van der Waals surface area contributed by atoms with Gasteiger partial charge in [0.05, 0.1) is 0 Å². The first-order chi connectivity index (χ1) is 8.31. The number of rotatable bonds is 3. The van der Waals surface area contributed by atoms with Crippen molar-refractivity contribution >= 4 is 11.8 Å². The van der Waals surface area contributed by atoms with E-state index in [-0.39, 0.29) is 0 Å². The molecule has 0 aliphatic heterocycles. The highest BCUT2D eigenvalue weighted by atomic mass is 14.9. The number of hydrogen-bond donors (Lipinski definition) is 1. The van der Waals surface area contributed by atoms with Gasteiger partial charge in [-0.1, -0.05) is 48.6 Å². The molecule has 17 heavy (non-hydrogen) atoms. The van der Waals surface area contributed by atoms with Gasteiger partial charge in [0.15, 0.2) is 0 Å². The van der Waals surface area contributed by atoms with Gasteiger partial charge in [-0.05, 0) is 37.5 Å². The third kappa shape index (κ3) is 2.88. The van der Waals surface area contributed by atoms with E-state index in [9.17, 15) is 0 Å². The maximum atomic E-state index is 3.58. The zero-order valence-corrected chi connectivity index (χ0v) is 10.5. The van der Waals surface area contributed by atoms with Crippen LogP contribution in [0.5, 0.6) is 0 Å². The molecule has 1 atom stereocenters. The maximum Gasteiger partial charge on any atom is 0.0482 e. The second kappa shape index (κ2) is 5.53. The van der Waals surface area contributed by atoms with E-state index in [1.807, 2.05) is 6.92 Å². The van der Waals surface area contributed by atoms with Crippen molar-refractivity contribution in [2.75, 3.05) is 5.32 Å². The van der Waals surface area contributed by atoms with Gasteiger partial charge >= 0.3 is 0 Å². The largest absolute Gasteiger partial charge is 0.378 e. The molecule has 0 radical (unpaired) electrons. The summed E-state index contributed by atoms with van der Waals surface area (Å²) in [6.45, 7) is 4.22. The number of benzene rings is 1. The Morgan fingerprint density at radius 2 is 2.18 bits per heavy atom. The van der Waals surface area contributed by atoms with Crippen LogP contribution in [-0.2, 0) is 0 Å². The summed E-state index contributed by atoms with van der Waals surface area (Å²) in [6.07, 6.45) is 13.9. The molecule has 1 aromatic carbocycles. The van der Waals surface area contributed by atoms with Gasteiger partial charge in [-0.3, -0.25) is 0 Å². The van der Waals surface area contributed by atoms with Crippen molar-refractivity contribution in [3.8, 4) is 0 Å². The predicted molar refractivity (Wildman–Crippen MR) is 76.2 cm³/mol. The Kier molecular flexibility index (Phi) is 3.81. The standard InChI is InChI=1S/C16H19N/c1-3-8-14-9-7-12-16(13(14)2)17-15-10-5-4-6-11-15/h3-10,12,15,17H,11H2,1-2H3/b8-3-. The second-order valence-electron chi connectivity index (χ2n) is 4.32. The lowest BCUT2D eigenvalue weighted by molar-refractivity contribution is 0.881. The molecule has 2 rings (SSSR count). The van der Waals surface area contributed by atoms with E-state index in [1.165, 1.54) is 16.8 Å². The number of anilines is 1. The van der Waals surface area contributed by atoms with E-state index in [0.29, 0.717) is 6.04 Å². The molecule has 88 valence electrons. The zero-order chi connectivity index (χ0) is 12.1. The molecule has 0 saturated carbocycles. The van der Waals surface area contributed by atoms with Crippen molar-refractivity contribution in [2.45, 2.75) is 26.3 Å². The molecule has 1 N–H and O–H groups in total. The Balaban J connectivity index is 2.18. The van der Waals surface area contributed by atoms with Crippen LogP contribution in [0.4, 0.5) is 5.69 Å². The Morgan fingerprint density at radius 1 is 1.29 bits per heavy atom. The molecule has 0 spiro atoms. The number of nitrogens with one attached hydrogen (secondary N) is 1. The Bertz CT molecular complexity index is 466. The first-order valence-corrected chi connectivity index (χ1v) is 6.13. The highest BCUT2D eigenvalue weighted by Crippen LogP contribution is 2.22. The van der Waals surface area contributed by atoms with E-state index in [4.69, 9.17) is 0 Å². The maximum absolute atomic E-state index is 3.58. The molecule has 0 saturated heterocycles. The summed E-state index contributed by atoms with van der Waals surface area (Å²) in [5.41, 5.74) is 3.83. The summed E-state index contributed by atoms with van der Waals surface area (Å²) < 4.78 is 0. The smallest absolute Gasteiger partial charge is 0.0482 e. The first kappa shape index (κ1) is 11.7. The van der Waals surface area contributed by atoms with Gasteiger partial charge in [0.1, 0.15) is 0 Å². The van der Waals surface area contributed by atoms with E-state index in [1.54, 1.807) is 0 Å².